The number of nitrogens with zero attached hydrogens (tertiary/aromatic N) is 2. The first-order chi connectivity index (χ1) is 13.8. The van der Waals surface area contributed by atoms with E-state index in [2.05, 4.69) is 25.9 Å². The number of aromatic nitrogens is 2. The van der Waals surface area contributed by atoms with Gasteiger partial charge in [-0.3, -0.25) is 9.59 Å². The maximum atomic E-state index is 12.6. The van der Waals surface area contributed by atoms with Crippen LogP contribution in [0.4, 0.5) is 0 Å². The number of amides is 1. The van der Waals surface area contributed by atoms with Crippen molar-refractivity contribution in [1.29, 1.82) is 0 Å². The molecule has 0 aliphatic heterocycles. The van der Waals surface area contributed by atoms with E-state index in [-0.39, 0.29) is 17.9 Å². The van der Waals surface area contributed by atoms with Crippen molar-refractivity contribution < 1.29 is 13.2 Å². The molecule has 0 radical (unpaired) electrons. The number of aromatic amines is 1. The molecule has 0 aliphatic carbocycles. The highest BCUT2D eigenvalue weighted by molar-refractivity contribution is 9.10. The second-order valence-corrected chi connectivity index (χ2v) is 9.58. The van der Waals surface area contributed by atoms with Gasteiger partial charge < -0.3 is 9.88 Å². The summed E-state index contributed by atoms with van der Waals surface area (Å²) in [6, 6.07) is 13.9. The predicted octanol–water partition coefficient (Wildman–Crippen LogP) is 2.65. The molecule has 0 saturated heterocycles. The average molecular weight is 478 g/mol. The standard InChI is InChI=1S/C20H20BrN3O4S/c1-2-24(11-18-22-17-9-4-3-8-16(17)20(26)23-18)19(25)13-29(27,28)12-14-6-5-7-15(21)10-14/h3-10H,2,11-13H2,1H3,(H,22,23,26). The van der Waals surface area contributed by atoms with Gasteiger partial charge in [-0.25, -0.2) is 13.4 Å². The number of hydrogen-bond acceptors (Lipinski definition) is 5. The third-order valence-electron chi connectivity index (χ3n) is 4.36. The summed E-state index contributed by atoms with van der Waals surface area (Å²) in [7, 11) is -3.65. The van der Waals surface area contributed by atoms with Gasteiger partial charge >= 0.3 is 0 Å². The number of carbonyl (C=O) groups is 1. The molecule has 1 amide bonds. The molecule has 0 bridgehead atoms. The lowest BCUT2D eigenvalue weighted by Gasteiger charge is -2.20. The average Bonchev–Trinajstić information content (AvgIpc) is 2.65. The van der Waals surface area contributed by atoms with Crippen molar-refractivity contribution in [3.63, 3.8) is 0 Å². The second-order valence-electron chi connectivity index (χ2n) is 6.60. The summed E-state index contributed by atoms with van der Waals surface area (Å²) < 4.78 is 25.8. The van der Waals surface area contributed by atoms with E-state index >= 15 is 0 Å². The monoisotopic (exact) mass is 477 g/mol. The van der Waals surface area contributed by atoms with Gasteiger partial charge in [0, 0.05) is 11.0 Å². The highest BCUT2D eigenvalue weighted by atomic mass is 79.9. The molecule has 1 N–H and O–H groups in total. The molecule has 3 rings (SSSR count). The van der Waals surface area contributed by atoms with E-state index in [0.29, 0.717) is 28.8 Å². The number of halogens is 1. The largest absolute Gasteiger partial charge is 0.335 e. The van der Waals surface area contributed by atoms with E-state index in [0.717, 1.165) is 4.47 Å². The minimum Gasteiger partial charge on any atom is -0.335 e. The number of rotatable bonds is 7. The summed E-state index contributed by atoms with van der Waals surface area (Å²) in [5.41, 5.74) is 0.837. The highest BCUT2D eigenvalue weighted by Crippen LogP contribution is 2.15. The van der Waals surface area contributed by atoms with Gasteiger partial charge in [0.15, 0.2) is 9.84 Å². The van der Waals surface area contributed by atoms with Gasteiger partial charge in [0.25, 0.3) is 5.56 Å². The zero-order chi connectivity index (χ0) is 21.0. The van der Waals surface area contributed by atoms with Crippen LogP contribution in [0, 0.1) is 0 Å². The highest BCUT2D eigenvalue weighted by Gasteiger charge is 2.22. The minimum absolute atomic E-state index is 0.0296. The number of sulfone groups is 1. The van der Waals surface area contributed by atoms with E-state index in [1.165, 1.54) is 4.90 Å². The van der Waals surface area contributed by atoms with Crippen molar-refractivity contribution in [3.05, 3.63) is 74.7 Å². The quantitative estimate of drug-likeness (QED) is 0.563. The first-order valence-corrected chi connectivity index (χ1v) is 11.6. The maximum absolute atomic E-state index is 12.6. The zero-order valence-corrected chi connectivity index (χ0v) is 18.2. The van der Waals surface area contributed by atoms with Gasteiger partial charge in [0.2, 0.25) is 5.91 Å². The van der Waals surface area contributed by atoms with Crippen LogP contribution in [0.1, 0.15) is 18.3 Å². The Kier molecular flexibility index (Phi) is 6.49. The van der Waals surface area contributed by atoms with Crippen molar-refractivity contribution in [2.45, 2.75) is 19.2 Å². The number of benzene rings is 2. The van der Waals surface area contributed by atoms with Gasteiger partial charge in [-0.15, -0.1) is 0 Å². The summed E-state index contributed by atoms with van der Waals surface area (Å²) in [5, 5.41) is 0.460. The van der Waals surface area contributed by atoms with Crippen molar-refractivity contribution in [2.75, 3.05) is 12.3 Å². The lowest BCUT2D eigenvalue weighted by molar-refractivity contribution is -0.128. The van der Waals surface area contributed by atoms with Gasteiger partial charge in [-0.1, -0.05) is 40.2 Å². The van der Waals surface area contributed by atoms with Crippen molar-refractivity contribution >= 4 is 42.6 Å². The lowest BCUT2D eigenvalue weighted by atomic mass is 10.2. The Morgan fingerprint density at radius 2 is 1.93 bits per heavy atom. The molecule has 152 valence electrons. The van der Waals surface area contributed by atoms with Crippen molar-refractivity contribution in [2.24, 2.45) is 0 Å². The van der Waals surface area contributed by atoms with Crippen LogP contribution < -0.4 is 5.56 Å². The van der Waals surface area contributed by atoms with E-state index in [9.17, 15) is 18.0 Å². The Morgan fingerprint density at radius 1 is 1.17 bits per heavy atom. The van der Waals surface area contributed by atoms with Gasteiger partial charge in [-0.2, -0.15) is 0 Å². The van der Waals surface area contributed by atoms with Crippen LogP contribution in [0.2, 0.25) is 0 Å². The van der Waals surface area contributed by atoms with Crippen LogP contribution in [0.5, 0.6) is 0 Å². The lowest BCUT2D eigenvalue weighted by Crippen LogP contribution is -2.36. The Labute approximate surface area is 176 Å². The fourth-order valence-corrected chi connectivity index (χ4v) is 4.77. The summed E-state index contributed by atoms with van der Waals surface area (Å²) >= 11 is 3.31. The third kappa shape index (κ3) is 5.51. The first-order valence-electron chi connectivity index (χ1n) is 8.98. The zero-order valence-electron chi connectivity index (χ0n) is 15.8. The van der Waals surface area contributed by atoms with Crippen LogP contribution >= 0.6 is 15.9 Å². The van der Waals surface area contributed by atoms with Crippen LogP contribution in [-0.4, -0.2) is 41.5 Å². The molecular weight excluding hydrogens is 458 g/mol. The number of H-pyrrole nitrogens is 1. The molecule has 7 nitrogen and oxygen atoms in total. The molecule has 0 unspecified atom stereocenters. The molecule has 1 heterocycles. The normalized spacial score (nSPS) is 11.5. The van der Waals surface area contributed by atoms with E-state index in [1.54, 1.807) is 55.5 Å². The van der Waals surface area contributed by atoms with Gasteiger partial charge in [0.05, 0.1) is 23.2 Å². The molecule has 1 aromatic heterocycles. The fourth-order valence-electron chi connectivity index (χ4n) is 2.98. The molecule has 2 aromatic carbocycles. The summed E-state index contributed by atoms with van der Waals surface area (Å²) in [6.07, 6.45) is 0. The second kappa shape index (κ2) is 8.87. The molecule has 0 saturated carbocycles. The maximum Gasteiger partial charge on any atom is 0.258 e. The van der Waals surface area contributed by atoms with Crippen molar-refractivity contribution in [3.8, 4) is 0 Å². The Balaban J connectivity index is 1.74. The molecule has 0 aliphatic rings. The molecule has 3 aromatic rings. The smallest absolute Gasteiger partial charge is 0.258 e. The first kappa shape index (κ1) is 21.2. The number of hydrogen-bond donors (Lipinski definition) is 1. The van der Waals surface area contributed by atoms with Crippen LogP contribution in [-0.2, 0) is 26.9 Å². The Hall–Kier alpha value is -2.52. The molecule has 0 atom stereocenters. The number of para-hydroxylation sites is 1. The summed E-state index contributed by atoms with van der Waals surface area (Å²) in [6.45, 7) is 2.07. The molecule has 0 spiro atoms. The number of nitrogens with one attached hydrogen (secondary N) is 1. The summed E-state index contributed by atoms with van der Waals surface area (Å²) in [5.74, 6) is -1.04. The molecule has 0 fully saturated rings. The van der Waals surface area contributed by atoms with E-state index in [1.807, 2.05) is 0 Å². The fraction of sp³-hybridized carbons (Fsp3) is 0.250. The van der Waals surface area contributed by atoms with Crippen LogP contribution in [0.15, 0.2) is 57.8 Å². The molecule has 29 heavy (non-hydrogen) atoms. The van der Waals surface area contributed by atoms with E-state index < -0.39 is 21.5 Å². The third-order valence-corrected chi connectivity index (χ3v) is 6.31. The molecule has 9 heteroatoms. The van der Waals surface area contributed by atoms with Crippen LogP contribution in [0.25, 0.3) is 10.9 Å². The predicted molar refractivity (Wildman–Crippen MR) is 115 cm³/mol. The SMILES string of the molecule is CCN(Cc1nc2ccccc2c(=O)[nH]1)C(=O)CS(=O)(=O)Cc1cccc(Br)c1. The van der Waals surface area contributed by atoms with Crippen molar-refractivity contribution in [1.82, 2.24) is 14.9 Å². The Bertz CT molecular complexity index is 1210. The molecular formula is C20H20BrN3O4S. The van der Waals surface area contributed by atoms with Gasteiger partial charge in [-0.05, 0) is 36.8 Å². The minimum atomic E-state index is -3.65. The van der Waals surface area contributed by atoms with E-state index in [4.69, 9.17) is 0 Å². The van der Waals surface area contributed by atoms with Gasteiger partial charge in [0.1, 0.15) is 11.6 Å². The van der Waals surface area contributed by atoms with Crippen LogP contribution in [0.3, 0.4) is 0 Å². The Morgan fingerprint density at radius 3 is 2.66 bits per heavy atom. The number of fused-ring (bicyclic) bond motifs is 1. The topological polar surface area (TPSA) is 100 Å². The summed E-state index contributed by atoms with van der Waals surface area (Å²) in [4.78, 5) is 33.2. The number of carbonyl (C=O) groups excluding carboxylic acids is 1.